The number of likely N-dealkylation sites (tertiary alicyclic amines) is 1. The fourth-order valence-corrected chi connectivity index (χ4v) is 3.90. The molecule has 0 aromatic heterocycles. The van der Waals surface area contributed by atoms with Gasteiger partial charge in [0.15, 0.2) is 5.96 Å². The molecule has 2 rings (SSSR count). The van der Waals surface area contributed by atoms with Crippen LogP contribution >= 0.6 is 24.0 Å². The van der Waals surface area contributed by atoms with Gasteiger partial charge in [0.2, 0.25) is 0 Å². The van der Waals surface area contributed by atoms with Gasteiger partial charge in [-0.15, -0.1) is 24.0 Å². The van der Waals surface area contributed by atoms with Crippen LogP contribution < -0.4 is 10.6 Å². The predicted molar refractivity (Wildman–Crippen MR) is 111 cm³/mol. The number of nitrogens with zero attached hydrogens (tertiary/aromatic N) is 2. The Morgan fingerprint density at radius 2 is 1.87 bits per heavy atom. The van der Waals surface area contributed by atoms with Crippen LogP contribution in [0.15, 0.2) is 4.99 Å². The zero-order chi connectivity index (χ0) is 15.6. The number of hydrogen-bond donors (Lipinski definition) is 2. The van der Waals surface area contributed by atoms with E-state index >= 15 is 0 Å². The lowest BCUT2D eigenvalue weighted by atomic mass is 9.86. The zero-order valence-electron chi connectivity index (χ0n) is 15.1. The van der Waals surface area contributed by atoms with Crippen molar-refractivity contribution in [2.24, 2.45) is 16.8 Å². The lowest BCUT2D eigenvalue weighted by molar-refractivity contribution is 0.332. The van der Waals surface area contributed by atoms with E-state index < -0.39 is 0 Å². The van der Waals surface area contributed by atoms with Gasteiger partial charge in [-0.3, -0.25) is 4.99 Å². The highest BCUT2D eigenvalue weighted by Crippen LogP contribution is 2.26. The Kier molecular flexibility index (Phi) is 11.3. The van der Waals surface area contributed by atoms with Crippen LogP contribution in [0.4, 0.5) is 0 Å². The van der Waals surface area contributed by atoms with Gasteiger partial charge in [0.25, 0.3) is 0 Å². The number of rotatable bonds is 7. The summed E-state index contributed by atoms with van der Waals surface area (Å²) in [4.78, 5) is 6.89. The molecule has 0 aromatic carbocycles. The van der Waals surface area contributed by atoms with Gasteiger partial charge in [-0.1, -0.05) is 39.0 Å². The molecule has 23 heavy (non-hydrogen) atoms. The molecule has 2 aliphatic rings. The van der Waals surface area contributed by atoms with E-state index in [1.54, 1.807) is 0 Å². The second kappa shape index (κ2) is 12.3. The lowest BCUT2D eigenvalue weighted by Gasteiger charge is -2.21. The van der Waals surface area contributed by atoms with Crippen molar-refractivity contribution in [3.05, 3.63) is 0 Å². The molecule has 1 saturated carbocycles. The smallest absolute Gasteiger partial charge is 0.190 e. The van der Waals surface area contributed by atoms with Crippen LogP contribution in [0.3, 0.4) is 0 Å². The fourth-order valence-electron chi connectivity index (χ4n) is 3.90. The van der Waals surface area contributed by atoms with Gasteiger partial charge in [0.1, 0.15) is 0 Å². The maximum absolute atomic E-state index is 4.35. The summed E-state index contributed by atoms with van der Waals surface area (Å²) < 4.78 is 0. The Morgan fingerprint density at radius 3 is 2.52 bits per heavy atom. The number of hydrogen-bond acceptors (Lipinski definition) is 2. The summed E-state index contributed by atoms with van der Waals surface area (Å²) in [5, 5.41) is 6.99. The minimum atomic E-state index is 0. The second-order valence-corrected chi connectivity index (χ2v) is 7.07. The zero-order valence-corrected chi connectivity index (χ0v) is 17.5. The van der Waals surface area contributed by atoms with Crippen molar-refractivity contribution in [3.63, 3.8) is 0 Å². The largest absolute Gasteiger partial charge is 0.356 e. The molecule has 1 aliphatic heterocycles. The summed E-state index contributed by atoms with van der Waals surface area (Å²) in [5.74, 6) is 2.75. The van der Waals surface area contributed by atoms with E-state index in [1.807, 2.05) is 7.05 Å². The van der Waals surface area contributed by atoms with Gasteiger partial charge in [0, 0.05) is 26.7 Å². The molecule has 0 spiro atoms. The SMILES string of the molecule is CCN1CCC(CNC(=NC)NCCCC2CCCCC2)C1.I. The molecule has 1 heterocycles. The third-order valence-corrected chi connectivity index (χ3v) is 5.41. The van der Waals surface area contributed by atoms with E-state index in [4.69, 9.17) is 0 Å². The van der Waals surface area contributed by atoms with Crippen LogP contribution in [0.25, 0.3) is 0 Å². The van der Waals surface area contributed by atoms with Gasteiger partial charge in [0.05, 0.1) is 0 Å². The predicted octanol–water partition coefficient (Wildman–Crippen LogP) is 3.47. The molecule has 136 valence electrons. The highest BCUT2D eigenvalue weighted by molar-refractivity contribution is 14.0. The number of guanidine groups is 1. The Labute approximate surface area is 160 Å². The molecule has 0 radical (unpaired) electrons. The fraction of sp³-hybridized carbons (Fsp3) is 0.944. The minimum absolute atomic E-state index is 0. The molecule has 0 aromatic rings. The van der Waals surface area contributed by atoms with Crippen LogP contribution in [0.1, 0.15) is 58.3 Å². The molecular weight excluding hydrogens is 399 g/mol. The van der Waals surface area contributed by atoms with E-state index in [2.05, 4.69) is 27.4 Å². The summed E-state index contributed by atoms with van der Waals surface area (Å²) >= 11 is 0. The molecular formula is C18H37IN4. The third kappa shape index (κ3) is 8.05. The van der Waals surface area contributed by atoms with Gasteiger partial charge >= 0.3 is 0 Å². The summed E-state index contributed by atoms with van der Waals surface area (Å²) in [6, 6.07) is 0. The molecule has 1 aliphatic carbocycles. The minimum Gasteiger partial charge on any atom is -0.356 e. The van der Waals surface area contributed by atoms with Crippen molar-refractivity contribution >= 4 is 29.9 Å². The molecule has 2 N–H and O–H groups in total. The maximum atomic E-state index is 4.35. The standard InChI is InChI=1S/C18H36N4.HI/c1-3-22-13-11-17(15-22)14-21-18(19-2)20-12-7-10-16-8-5-4-6-9-16;/h16-17H,3-15H2,1-2H3,(H2,19,20,21);1H. The second-order valence-electron chi connectivity index (χ2n) is 7.07. The molecule has 0 bridgehead atoms. The quantitative estimate of drug-likeness (QED) is 0.278. The van der Waals surface area contributed by atoms with Crippen LogP contribution in [-0.2, 0) is 0 Å². The van der Waals surface area contributed by atoms with Crippen molar-refractivity contribution < 1.29 is 0 Å². The Morgan fingerprint density at radius 1 is 1.09 bits per heavy atom. The highest BCUT2D eigenvalue weighted by Gasteiger charge is 2.21. The normalized spacial score (nSPS) is 23.6. The molecule has 5 heteroatoms. The number of halogens is 1. The van der Waals surface area contributed by atoms with Gasteiger partial charge in [-0.25, -0.2) is 0 Å². The summed E-state index contributed by atoms with van der Waals surface area (Å²) in [6.07, 6.45) is 11.3. The van der Waals surface area contributed by atoms with E-state index in [9.17, 15) is 0 Å². The van der Waals surface area contributed by atoms with Crippen LogP contribution in [0, 0.1) is 11.8 Å². The van der Waals surface area contributed by atoms with Crippen molar-refractivity contribution in [2.45, 2.75) is 58.3 Å². The van der Waals surface area contributed by atoms with Crippen molar-refractivity contribution in [1.29, 1.82) is 0 Å². The van der Waals surface area contributed by atoms with Crippen LogP contribution in [-0.4, -0.2) is 50.6 Å². The van der Waals surface area contributed by atoms with E-state index in [-0.39, 0.29) is 24.0 Å². The summed E-state index contributed by atoms with van der Waals surface area (Å²) in [6.45, 7) is 8.05. The van der Waals surface area contributed by atoms with Crippen molar-refractivity contribution in [3.8, 4) is 0 Å². The van der Waals surface area contributed by atoms with Crippen LogP contribution in [0.2, 0.25) is 0 Å². The molecule has 0 amide bonds. The average Bonchev–Trinajstić information content (AvgIpc) is 3.03. The van der Waals surface area contributed by atoms with Crippen molar-refractivity contribution in [1.82, 2.24) is 15.5 Å². The van der Waals surface area contributed by atoms with Crippen LogP contribution in [0.5, 0.6) is 0 Å². The Balaban J connectivity index is 0.00000264. The Bertz CT molecular complexity index is 329. The van der Waals surface area contributed by atoms with Crippen molar-refractivity contribution in [2.75, 3.05) is 39.8 Å². The topological polar surface area (TPSA) is 39.7 Å². The maximum Gasteiger partial charge on any atom is 0.190 e. The first-order valence-electron chi connectivity index (χ1n) is 9.48. The molecule has 1 saturated heterocycles. The Hall–Kier alpha value is -0.0400. The first kappa shape index (κ1) is 21.0. The summed E-state index contributed by atoms with van der Waals surface area (Å²) in [7, 11) is 1.88. The van der Waals surface area contributed by atoms with E-state index in [1.165, 1.54) is 71.0 Å². The number of nitrogens with one attached hydrogen (secondary N) is 2. The highest BCUT2D eigenvalue weighted by atomic mass is 127. The monoisotopic (exact) mass is 436 g/mol. The molecule has 4 nitrogen and oxygen atoms in total. The van der Waals surface area contributed by atoms with E-state index in [0.29, 0.717) is 0 Å². The molecule has 2 fully saturated rings. The molecule has 1 atom stereocenters. The number of aliphatic imine (C=N–C) groups is 1. The lowest BCUT2D eigenvalue weighted by Crippen LogP contribution is -2.40. The van der Waals surface area contributed by atoms with E-state index in [0.717, 1.165) is 30.9 Å². The average molecular weight is 436 g/mol. The first-order chi connectivity index (χ1) is 10.8. The van der Waals surface area contributed by atoms with Gasteiger partial charge in [-0.05, 0) is 44.2 Å². The third-order valence-electron chi connectivity index (χ3n) is 5.41. The van der Waals surface area contributed by atoms with Gasteiger partial charge < -0.3 is 15.5 Å². The summed E-state index contributed by atoms with van der Waals surface area (Å²) in [5.41, 5.74) is 0. The molecule has 1 unspecified atom stereocenters. The van der Waals surface area contributed by atoms with Gasteiger partial charge in [-0.2, -0.15) is 0 Å². The first-order valence-corrected chi connectivity index (χ1v) is 9.48.